The largest absolute Gasteiger partial charge is 0.492 e. The third kappa shape index (κ3) is 2.46. The molecule has 6 nitrogen and oxygen atoms in total. The zero-order valence-corrected chi connectivity index (χ0v) is 9.70. The lowest BCUT2D eigenvalue weighted by Gasteiger charge is -2.17. The molecule has 0 bridgehead atoms. The van der Waals surface area contributed by atoms with E-state index in [0.717, 1.165) is 5.69 Å². The monoisotopic (exact) mass is 235 g/mol. The zero-order chi connectivity index (χ0) is 12.6. The van der Waals surface area contributed by atoms with Gasteiger partial charge in [0.1, 0.15) is 6.33 Å². The standard InChI is InChI=1S/C10H14BN3O3/c1-10(2,15)5-7-3-4-8(11(16)17)9-12-6-13-14(7)9/h3-4,6,15-17H,5H2,1-2H3. The summed E-state index contributed by atoms with van der Waals surface area (Å²) in [6, 6.07) is 3.28. The molecule has 0 fully saturated rings. The second-order valence-electron chi connectivity index (χ2n) is 4.64. The van der Waals surface area contributed by atoms with Crippen LogP contribution >= 0.6 is 0 Å². The summed E-state index contributed by atoms with van der Waals surface area (Å²) in [5.74, 6) is 0. The highest BCUT2D eigenvalue weighted by atomic mass is 16.4. The van der Waals surface area contributed by atoms with Crippen LogP contribution in [0.1, 0.15) is 19.5 Å². The summed E-state index contributed by atoms with van der Waals surface area (Å²) in [6.07, 6.45) is 1.74. The molecule has 17 heavy (non-hydrogen) atoms. The van der Waals surface area contributed by atoms with Crippen molar-refractivity contribution in [3.05, 3.63) is 24.2 Å². The maximum atomic E-state index is 9.79. The van der Waals surface area contributed by atoms with Crippen LogP contribution in [0.3, 0.4) is 0 Å². The van der Waals surface area contributed by atoms with Crippen molar-refractivity contribution >= 4 is 18.2 Å². The van der Waals surface area contributed by atoms with Crippen LogP contribution in [0.4, 0.5) is 0 Å². The Hall–Kier alpha value is -1.44. The van der Waals surface area contributed by atoms with Crippen molar-refractivity contribution in [2.45, 2.75) is 25.9 Å². The van der Waals surface area contributed by atoms with Gasteiger partial charge in [0.25, 0.3) is 0 Å². The average molecular weight is 235 g/mol. The minimum atomic E-state index is -1.59. The fraction of sp³-hybridized carbons (Fsp3) is 0.400. The summed E-state index contributed by atoms with van der Waals surface area (Å²) in [6.45, 7) is 3.40. The third-order valence-electron chi connectivity index (χ3n) is 2.43. The average Bonchev–Trinajstić information content (AvgIpc) is 2.63. The maximum absolute atomic E-state index is 9.79. The number of rotatable bonds is 3. The molecule has 3 N–H and O–H groups in total. The van der Waals surface area contributed by atoms with E-state index in [2.05, 4.69) is 10.1 Å². The highest BCUT2D eigenvalue weighted by molar-refractivity contribution is 6.60. The van der Waals surface area contributed by atoms with Crippen molar-refractivity contribution in [1.82, 2.24) is 14.6 Å². The van der Waals surface area contributed by atoms with Crippen LogP contribution in [0, 0.1) is 0 Å². The van der Waals surface area contributed by atoms with E-state index in [9.17, 15) is 15.2 Å². The number of hydrogen-bond donors (Lipinski definition) is 3. The Balaban J connectivity index is 2.54. The molecular weight excluding hydrogens is 221 g/mol. The number of aliphatic hydroxyl groups is 1. The summed E-state index contributed by atoms with van der Waals surface area (Å²) in [4.78, 5) is 3.98. The molecule has 0 radical (unpaired) electrons. The van der Waals surface area contributed by atoms with Gasteiger partial charge in [-0.25, -0.2) is 9.50 Å². The first-order valence-electron chi connectivity index (χ1n) is 5.28. The molecule has 0 aliphatic carbocycles. The minimum Gasteiger partial charge on any atom is -0.423 e. The van der Waals surface area contributed by atoms with Gasteiger partial charge in [0.15, 0.2) is 5.65 Å². The number of pyridine rings is 1. The Morgan fingerprint density at radius 3 is 2.65 bits per heavy atom. The van der Waals surface area contributed by atoms with Gasteiger partial charge in [-0.3, -0.25) is 0 Å². The van der Waals surface area contributed by atoms with E-state index in [4.69, 9.17) is 0 Å². The Kier molecular flexibility index (Phi) is 2.90. The Morgan fingerprint density at radius 2 is 2.06 bits per heavy atom. The summed E-state index contributed by atoms with van der Waals surface area (Å²) in [5.41, 5.74) is 0.580. The molecule has 2 rings (SSSR count). The first-order chi connectivity index (χ1) is 7.88. The summed E-state index contributed by atoms with van der Waals surface area (Å²) >= 11 is 0. The van der Waals surface area contributed by atoms with Crippen molar-refractivity contribution in [3.63, 3.8) is 0 Å². The fourth-order valence-electron chi connectivity index (χ4n) is 1.76. The number of hydrogen-bond acceptors (Lipinski definition) is 5. The quantitative estimate of drug-likeness (QED) is 0.576. The van der Waals surface area contributed by atoms with Crippen molar-refractivity contribution < 1.29 is 15.2 Å². The zero-order valence-electron chi connectivity index (χ0n) is 9.70. The predicted octanol–water partition coefficient (Wildman–Crippen LogP) is -1.28. The summed E-state index contributed by atoms with van der Waals surface area (Å²) in [5, 5.41) is 32.2. The first-order valence-corrected chi connectivity index (χ1v) is 5.28. The smallest absolute Gasteiger partial charge is 0.423 e. The Labute approximate surface area is 98.7 Å². The van der Waals surface area contributed by atoms with Crippen LogP contribution in [-0.4, -0.2) is 42.5 Å². The Bertz CT molecular complexity index is 533. The molecule has 0 aliphatic heterocycles. The van der Waals surface area contributed by atoms with E-state index in [1.807, 2.05) is 0 Å². The Morgan fingerprint density at radius 1 is 1.35 bits per heavy atom. The van der Waals surface area contributed by atoms with Crippen molar-refractivity contribution in [2.24, 2.45) is 0 Å². The maximum Gasteiger partial charge on any atom is 0.492 e. The van der Waals surface area contributed by atoms with Gasteiger partial charge in [0.2, 0.25) is 0 Å². The molecule has 2 aromatic rings. The normalized spacial score (nSPS) is 12.1. The molecule has 0 unspecified atom stereocenters. The second-order valence-corrected chi connectivity index (χ2v) is 4.64. The third-order valence-corrected chi connectivity index (χ3v) is 2.43. The van der Waals surface area contributed by atoms with Gasteiger partial charge in [-0.05, 0) is 19.9 Å². The van der Waals surface area contributed by atoms with Gasteiger partial charge < -0.3 is 15.2 Å². The van der Waals surface area contributed by atoms with Crippen LogP contribution in [-0.2, 0) is 6.42 Å². The molecule has 2 heterocycles. The summed E-state index contributed by atoms with van der Waals surface area (Å²) < 4.78 is 1.51. The van der Waals surface area contributed by atoms with E-state index >= 15 is 0 Å². The molecule has 0 spiro atoms. The molecule has 0 saturated carbocycles. The van der Waals surface area contributed by atoms with Crippen molar-refractivity contribution in [2.75, 3.05) is 0 Å². The van der Waals surface area contributed by atoms with Crippen LogP contribution in [0.15, 0.2) is 18.5 Å². The van der Waals surface area contributed by atoms with Gasteiger partial charge in [-0.15, -0.1) is 0 Å². The van der Waals surface area contributed by atoms with Crippen molar-refractivity contribution in [3.8, 4) is 0 Å². The minimum absolute atomic E-state index is 0.294. The van der Waals surface area contributed by atoms with Gasteiger partial charge in [-0.2, -0.15) is 5.10 Å². The van der Waals surface area contributed by atoms with Crippen LogP contribution in [0.25, 0.3) is 5.65 Å². The number of nitrogens with zero attached hydrogens (tertiary/aromatic N) is 3. The lowest BCUT2D eigenvalue weighted by Crippen LogP contribution is -2.33. The van der Waals surface area contributed by atoms with Crippen LogP contribution in [0.2, 0.25) is 0 Å². The number of aromatic nitrogens is 3. The first kappa shape index (κ1) is 12.0. The lowest BCUT2D eigenvalue weighted by atomic mass is 9.80. The second kappa shape index (κ2) is 4.10. The molecule has 0 aromatic carbocycles. The topological polar surface area (TPSA) is 90.9 Å². The van der Waals surface area contributed by atoms with Crippen molar-refractivity contribution in [1.29, 1.82) is 0 Å². The molecule has 0 atom stereocenters. The SMILES string of the molecule is CC(C)(O)Cc1ccc(B(O)O)c2ncnn12. The summed E-state index contributed by atoms with van der Waals surface area (Å²) in [7, 11) is -1.59. The van der Waals surface area contributed by atoms with Gasteiger partial charge in [0, 0.05) is 17.6 Å². The number of fused-ring (bicyclic) bond motifs is 1. The molecule has 2 aromatic heterocycles. The molecular formula is C10H14BN3O3. The van der Waals surface area contributed by atoms with E-state index < -0.39 is 12.7 Å². The van der Waals surface area contributed by atoms with Crippen LogP contribution < -0.4 is 5.46 Å². The van der Waals surface area contributed by atoms with E-state index in [-0.39, 0.29) is 0 Å². The molecule has 0 aliphatic rings. The highest BCUT2D eigenvalue weighted by Crippen LogP contribution is 2.12. The predicted molar refractivity (Wildman–Crippen MR) is 62.8 cm³/mol. The van der Waals surface area contributed by atoms with Gasteiger partial charge in [0.05, 0.1) is 5.60 Å². The molecule has 7 heteroatoms. The van der Waals surface area contributed by atoms with E-state index in [1.165, 1.54) is 10.8 Å². The van der Waals surface area contributed by atoms with E-state index in [0.29, 0.717) is 17.5 Å². The van der Waals surface area contributed by atoms with Gasteiger partial charge >= 0.3 is 7.12 Å². The lowest BCUT2D eigenvalue weighted by molar-refractivity contribution is 0.0794. The van der Waals surface area contributed by atoms with Gasteiger partial charge in [-0.1, -0.05) is 6.07 Å². The van der Waals surface area contributed by atoms with E-state index in [1.54, 1.807) is 26.0 Å². The fourth-order valence-corrected chi connectivity index (χ4v) is 1.76. The molecule has 90 valence electrons. The molecule has 0 saturated heterocycles. The van der Waals surface area contributed by atoms with Crippen LogP contribution in [0.5, 0.6) is 0 Å². The highest BCUT2D eigenvalue weighted by Gasteiger charge is 2.21. The molecule has 0 amide bonds.